The number of hydrogen-bond donors (Lipinski definition) is 1. The Kier molecular flexibility index (Phi) is 5.31. The van der Waals surface area contributed by atoms with Gasteiger partial charge in [0.1, 0.15) is 4.32 Å². The fourth-order valence-corrected chi connectivity index (χ4v) is 4.00. The minimum absolute atomic E-state index is 0.199. The summed E-state index contributed by atoms with van der Waals surface area (Å²) in [5, 5.41) is 9.28. The van der Waals surface area contributed by atoms with Crippen molar-refractivity contribution in [2.75, 3.05) is 0 Å². The Morgan fingerprint density at radius 3 is 2.32 bits per heavy atom. The van der Waals surface area contributed by atoms with Crippen LogP contribution in [0.1, 0.15) is 23.6 Å². The van der Waals surface area contributed by atoms with Crippen molar-refractivity contribution in [2.24, 2.45) is 0 Å². The van der Waals surface area contributed by atoms with Crippen LogP contribution in [0.5, 0.6) is 0 Å². The van der Waals surface area contributed by atoms with E-state index in [9.17, 15) is 14.7 Å². The van der Waals surface area contributed by atoms with E-state index in [1.54, 1.807) is 6.08 Å². The molecular formula is C19H15NO3S2. The second-order valence-corrected chi connectivity index (χ2v) is 7.16. The number of amides is 1. The van der Waals surface area contributed by atoms with Crippen LogP contribution in [0.3, 0.4) is 0 Å². The lowest BCUT2D eigenvalue weighted by Gasteiger charge is -2.26. The zero-order chi connectivity index (χ0) is 17.8. The van der Waals surface area contributed by atoms with Crippen molar-refractivity contribution in [1.82, 2.24) is 4.90 Å². The van der Waals surface area contributed by atoms with Crippen LogP contribution in [0.4, 0.5) is 0 Å². The fourth-order valence-electron chi connectivity index (χ4n) is 2.65. The molecule has 3 rings (SSSR count). The third-order valence-electron chi connectivity index (χ3n) is 3.78. The van der Waals surface area contributed by atoms with E-state index in [1.807, 2.05) is 60.7 Å². The Balaban J connectivity index is 1.94. The first-order chi connectivity index (χ1) is 12.1. The number of carboxylic acids is 1. The van der Waals surface area contributed by atoms with E-state index in [-0.39, 0.29) is 12.3 Å². The summed E-state index contributed by atoms with van der Waals surface area (Å²) in [5.74, 6) is -1.23. The molecule has 0 bridgehead atoms. The summed E-state index contributed by atoms with van der Waals surface area (Å²) in [6, 6.07) is 18.0. The maximum atomic E-state index is 12.9. The lowest BCUT2D eigenvalue weighted by molar-refractivity contribution is -0.138. The minimum Gasteiger partial charge on any atom is -0.481 e. The summed E-state index contributed by atoms with van der Waals surface area (Å²) in [6.07, 6.45) is 1.58. The number of aliphatic carboxylic acids is 1. The Morgan fingerprint density at radius 1 is 1.12 bits per heavy atom. The summed E-state index contributed by atoms with van der Waals surface area (Å²) in [5.41, 5.74) is 1.65. The molecule has 1 amide bonds. The van der Waals surface area contributed by atoms with E-state index in [1.165, 1.54) is 16.7 Å². The van der Waals surface area contributed by atoms with Crippen LogP contribution in [0.2, 0.25) is 0 Å². The highest BCUT2D eigenvalue weighted by molar-refractivity contribution is 8.26. The highest BCUT2D eigenvalue weighted by Crippen LogP contribution is 2.39. The second-order valence-electron chi connectivity index (χ2n) is 5.49. The van der Waals surface area contributed by atoms with Gasteiger partial charge < -0.3 is 5.11 Å². The molecule has 25 heavy (non-hydrogen) atoms. The SMILES string of the molecule is O=C(O)C[C@H](c1ccccc1)N1C(=O)/C(=C\c2ccccc2)SC1=S. The van der Waals surface area contributed by atoms with E-state index in [2.05, 4.69) is 0 Å². The summed E-state index contributed by atoms with van der Waals surface area (Å²) >= 11 is 6.58. The molecule has 0 unspecified atom stereocenters. The van der Waals surface area contributed by atoms with E-state index < -0.39 is 12.0 Å². The first-order valence-electron chi connectivity index (χ1n) is 7.65. The van der Waals surface area contributed by atoms with Gasteiger partial charge in [-0.2, -0.15) is 0 Å². The van der Waals surface area contributed by atoms with Gasteiger partial charge in [-0.3, -0.25) is 14.5 Å². The molecule has 1 atom stereocenters. The predicted octanol–water partition coefficient (Wildman–Crippen LogP) is 4.10. The van der Waals surface area contributed by atoms with Gasteiger partial charge >= 0.3 is 5.97 Å². The highest BCUT2D eigenvalue weighted by Gasteiger charge is 2.38. The van der Waals surface area contributed by atoms with Gasteiger partial charge in [0, 0.05) is 0 Å². The molecule has 0 radical (unpaired) electrons. The third kappa shape index (κ3) is 3.97. The van der Waals surface area contributed by atoms with E-state index in [0.717, 1.165) is 11.1 Å². The number of carboxylic acid groups (broad SMARTS) is 1. The number of thioether (sulfide) groups is 1. The lowest BCUT2D eigenvalue weighted by Crippen LogP contribution is -2.34. The predicted molar refractivity (Wildman–Crippen MR) is 103 cm³/mol. The maximum absolute atomic E-state index is 12.9. The van der Waals surface area contributed by atoms with Crippen LogP contribution >= 0.6 is 24.0 Å². The van der Waals surface area contributed by atoms with Crippen LogP contribution in [-0.4, -0.2) is 26.2 Å². The minimum atomic E-state index is -0.977. The molecule has 1 fully saturated rings. The first kappa shape index (κ1) is 17.4. The number of nitrogens with zero attached hydrogens (tertiary/aromatic N) is 1. The van der Waals surface area contributed by atoms with Gasteiger partial charge in [-0.15, -0.1) is 0 Å². The quantitative estimate of drug-likeness (QED) is 0.635. The lowest BCUT2D eigenvalue weighted by atomic mass is 10.0. The van der Waals surface area contributed by atoms with Crippen molar-refractivity contribution >= 4 is 46.3 Å². The Labute approximate surface area is 155 Å². The van der Waals surface area contributed by atoms with Gasteiger partial charge in [-0.25, -0.2) is 0 Å². The van der Waals surface area contributed by atoms with Gasteiger partial charge in [0.15, 0.2) is 0 Å². The first-order valence-corrected chi connectivity index (χ1v) is 8.87. The van der Waals surface area contributed by atoms with Crippen LogP contribution in [0.15, 0.2) is 65.6 Å². The zero-order valence-electron chi connectivity index (χ0n) is 13.2. The third-order valence-corrected chi connectivity index (χ3v) is 5.12. The normalized spacial score (nSPS) is 17.1. The summed E-state index contributed by atoms with van der Waals surface area (Å²) in [7, 11) is 0. The van der Waals surface area contributed by atoms with Gasteiger partial charge in [-0.1, -0.05) is 84.6 Å². The molecule has 2 aromatic rings. The highest BCUT2D eigenvalue weighted by atomic mass is 32.2. The molecule has 4 nitrogen and oxygen atoms in total. The van der Waals surface area contributed by atoms with Gasteiger partial charge in [0.2, 0.25) is 0 Å². The Bertz CT molecular complexity index is 834. The molecule has 1 aliphatic heterocycles. The fraction of sp³-hybridized carbons (Fsp3) is 0.105. The summed E-state index contributed by atoms with van der Waals surface area (Å²) in [4.78, 5) is 26.1. The molecular weight excluding hydrogens is 354 g/mol. The number of hydrogen-bond acceptors (Lipinski definition) is 4. The zero-order valence-corrected chi connectivity index (χ0v) is 14.8. The number of rotatable bonds is 5. The largest absolute Gasteiger partial charge is 0.481 e. The van der Waals surface area contributed by atoms with E-state index in [0.29, 0.717) is 9.23 Å². The van der Waals surface area contributed by atoms with Crippen molar-refractivity contribution in [3.8, 4) is 0 Å². The molecule has 0 spiro atoms. The van der Waals surface area contributed by atoms with Gasteiger partial charge in [0.25, 0.3) is 5.91 Å². The van der Waals surface area contributed by atoms with Crippen molar-refractivity contribution in [2.45, 2.75) is 12.5 Å². The van der Waals surface area contributed by atoms with Crippen molar-refractivity contribution in [3.05, 3.63) is 76.7 Å². The number of carbonyl (C=O) groups is 2. The molecule has 1 saturated heterocycles. The molecule has 1 heterocycles. The number of carbonyl (C=O) groups excluding carboxylic acids is 1. The smallest absolute Gasteiger partial charge is 0.305 e. The Morgan fingerprint density at radius 2 is 1.72 bits per heavy atom. The summed E-state index contributed by atoms with van der Waals surface area (Å²) in [6.45, 7) is 0. The van der Waals surface area contributed by atoms with Crippen molar-refractivity contribution in [1.29, 1.82) is 0 Å². The second kappa shape index (κ2) is 7.63. The Hall–Kier alpha value is -2.44. The van der Waals surface area contributed by atoms with E-state index >= 15 is 0 Å². The molecule has 1 N–H and O–H groups in total. The van der Waals surface area contributed by atoms with Crippen LogP contribution in [0.25, 0.3) is 6.08 Å². The topological polar surface area (TPSA) is 57.6 Å². The number of thiocarbonyl (C=S) groups is 1. The van der Waals surface area contributed by atoms with Crippen LogP contribution < -0.4 is 0 Å². The molecule has 1 aliphatic rings. The molecule has 2 aromatic carbocycles. The van der Waals surface area contributed by atoms with Crippen LogP contribution in [-0.2, 0) is 9.59 Å². The van der Waals surface area contributed by atoms with Crippen molar-refractivity contribution in [3.63, 3.8) is 0 Å². The van der Waals surface area contributed by atoms with Crippen molar-refractivity contribution < 1.29 is 14.7 Å². The summed E-state index contributed by atoms with van der Waals surface area (Å²) < 4.78 is 0.377. The maximum Gasteiger partial charge on any atom is 0.305 e. The average molecular weight is 369 g/mol. The van der Waals surface area contributed by atoms with Gasteiger partial charge in [0.05, 0.1) is 17.4 Å². The van der Waals surface area contributed by atoms with Gasteiger partial charge in [-0.05, 0) is 17.2 Å². The molecule has 6 heteroatoms. The van der Waals surface area contributed by atoms with E-state index in [4.69, 9.17) is 12.2 Å². The monoisotopic (exact) mass is 369 g/mol. The average Bonchev–Trinajstić information content (AvgIpc) is 2.88. The molecule has 126 valence electrons. The standard InChI is InChI=1S/C19H15NO3S2/c21-17(22)12-15(14-9-5-2-6-10-14)20-18(23)16(25-19(20)24)11-13-7-3-1-4-8-13/h1-11,15H,12H2,(H,21,22)/b16-11+/t15-/m1/s1. The molecule has 0 aromatic heterocycles. The molecule has 0 saturated carbocycles. The number of benzene rings is 2. The molecule has 0 aliphatic carbocycles. The van der Waals surface area contributed by atoms with Crippen LogP contribution in [0, 0.1) is 0 Å².